The van der Waals surface area contributed by atoms with Gasteiger partial charge in [-0.05, 0) is 46.3 Å². The molecule has 2 aromatic rings. The number of carbonyl (C=O) groups is 1. The Kier molecular flexibility index (Phi) is 3.08. The molecule has 1 aliphatic carbocycles. The van der Waals surface area contributed by atoms with E-state index >= 15 is 0 Å². The monoisotopic (exact) mass is 304 g/mol. The number of halogens is 1. The molecule has 92 valence electrons. The molecule has 1 heterocycles. The summed E-state index contributed by atoms with van der Waals surface area (Å²) in [6.07, 6.45) is 5.40. The summed E-state index contributed by atoms with van der Waals surface area (Å²) in [5, 5.41) is 0. The number of rotatable bonds is 3. The molecule has 18 heavy (non-hydrogen) atoms. The molecule has 1 saturated carbocycles. The van der Waals surface area contributed by atoms with E-state index in [1.165, 1.54) is 31.1 Å². The fourth-order valence-electron chi connectivity index (χ4n) is 2.26. The molecule has 0 radical (unpaired) electrons. The lowest BCUT2D eigenvalue weighted by Crippen LogP contribution is -2.09. The van der Waals surface area contributed by atoms with Gasteiger partial charge in [0.05, 0.1) is 11.8 Å². The molecular formula is C15H13BrO2. The first kappa shape index (κ1) is 11.7. The maximum absolute atomic E-state index is 12.2. The molecule has 0 atom stereocenters. The van der Waals surface area contributed by atoms with Crippen molar-refractivity contribution in [2.75, 3.05) is 0 Å². The maximum atomic E-state index is 12.2. The largest absolute Gasteiger partial charge is 0.457 e. The van der Waals surface area contributed by atoms with Gasteiger partial charge in [0.2, 0.25) is 0 Å². The Morgan fingerprint density at radius 2 is 1.89 bits per heavy atom. The van der Waals surface area contributed by atoms with Crippen LogP contribution in [0, 0.1) is 0 Å². The zero-order chi connectivity index (χ0) is 12.5. The highest BCUT2D eigenvalue weighted by atomic mass is 79.9. The average molecular weight is 305 g/mol. The van der Waals surface area contributed by atoms with Crippen LogP contribution in [0.2, 0.25) is 0 Å². The number of hydrogen-bond acceptors (Lipinski definition) is 2. The van der Waals surface area contributed by atoms with Crippen molar-refractivity contribution in [1.82, 2.24) is 0 Å². The smallest absolute Gasteiger partial charge is 0.197 e. The van der Waals surface area contributed by atoms with Crippen LogP contribution in [0.5, 0.6) is 0 Å². The van der Waals surface area contributed by atoms with E-state index in [1.54, 1.807) is 6.07 Å². The van der Waals surface area contributed by atoms with Crippen molar-refractivity contribution in [2.45, 2.75) is 25.2 Å². The highest BCUT2D eigenvalue weighted by molar-refractivity contribution is 9.10. The highest BCUT2D eigenvalue weighted by Crippen LogP contribution is 2.36. The van der Waals surface area contributed by atoms with Gasteiger partial charge in [-0.15, -0.1) is 0 Å². The molecule has 2 nitrogen and oxygen atoms in total. The van der Waals surface area contributed by atoms with Gasteiger partial charge in [-0.2, -0.15) is 0 Å². The van der Waals surface area contributed by atoms with Crippen molar-refractivity contribution >= 4 is 21.7 Å². The van der Waals surface area contributed by atoms with Crippen molar-refractivity contribution in [3.8, 4) is 0 Å². The van der Waals surface area contributed by atoms with Crippen molar-refractivity contribution in [1.29, 1.82) is 0 Å². The summed E-state index contributed by atoms with van der Waals surface area (Å²) in [7, 11) is 0. The highest BCUT2D eigenvalue weighted by Gasteiger charge is 2.20. The first-order valence-corrected chi connectivity index (χ1v) is 6.92. The Balaban J connectivity index is 1.84. The number of ketones is 1. The third kappa shape index (κ3) is 2.03. The standard InChI is InChI=1S/C15H13BrO2/c16-15-13(8-9-18-15)14(17)12-6-4-11(5-7-12)10-2-1-3-10/h4-10H,1-3H2. The zero-order valence-electron chi connectivity index (χ0n) is 9.86. The van der Waals surface area contributed by atoms with Crippen LogP contribution < -0.4 is 0 Å². The molecular weight excluding hydrogens is 292 g/mol. The SMILES string of the molecule is O=C(c1ccc(C2CCC2)cc1)c1ccoc1Br. The maximum Gasteiger partial charge on any atom is 0.197 e. The lowest BCUT2D eigenvalue weighted by Gasteiger charge is -2.25. The van der Waals surface area contributed by atoms with E-state index in [2.05, 4.69) is 28.1 Å². The van der Waals surface area contributed by atoms with Gasteiger partial charge in [0, 0.05) is 5.56 Å². The normalized spacial score (nSPS) is 15.4. The van der Waals surface area contributed by atoms with Gasteiger partial charge in [-0.3, -0.25) is 4.79 Å². The molecule has 1 fully saturated rings. The summed E-state index contributed by atoms with van der Waals surface area (Å²) in [5.41, 5.74) is 2.63. The fourth-order valence-corrected chi connectivity index (χ4v) is 2.68. The van der Waals surface area contributed by atoms with Crippen molar-refractivity contribution in [3.05, 3.63) is 58.0 Å². The minimum absolute atomic E-state index is 0.00390. The number of hydrogen-bond donors (Lipinski definition) is 0. The molecule has 0 N–H and O–H groups in total. The molecule has 3 rings (SSSR count). The molecule has 1 aromatic carbocycles. The van der Waals surface area contributed by atoms with Gasteiger partial charge in [0.25, 0.3) is 0 Å². The zero-order valence-corrected chi connectivity index (χ0v) is 11.4. The molecule has 1 aliphatic rings. The van der Waals surface area contributed by atoms with Gasteiger partial charge in [-0.25, -0.2) is 0 Å². The third-order valence-corrected chi connectivity index (χ3v) is 4.23. The number of benzene rings is 1. The summed E-state index contributed by atoms with van der Waals surface area (Å²) in [6.45, 7) is 0. The lowest BCUT2D eigenvalue weighted by molar-refractivity contribution is 0.103. The first-order valence-electron chi connectivity index (χ1n) is 6.13. The van der Waals surface area contributed by atoms with Crippen LogP contribution in [0.1, 0.15) is 46.7 Å². The summed E-state index contributed by atoms with van der Waals surface area (Å²) < 4.78 is 5.59. The summed E-state index contributed by atoms with van der Waals surface area (Å²) in [6, 6.07) is 9.66. The molecule has 0 bridgehead atoms. The third-order valence-electron chi connectivity index (χ3n) is 3.61. The molecule has 0 amide bonds. The molecule has 0 saturated heterocycles. The van der Waals surface area contributed by atoms with E-state index in [-0.39, 0.29) is 5.78 Å². The number of carbonyl (C=O) groups excluding carboxylic acids is 1. The topological polar surface area (TPSA) is 30.2 Å². The van der Waals surface area contributed by atoms with E-state index in [0.29, 0.717) is 21.7 Å². The van der Waals surface area contributed by atoms with Crippen LogP contribution in [0.25, 0.3) is 0 Å². The second-order valence-electron chi connectivity index (χ2n) is 4.69. The Bertz CT molecular complexity index is 564. The second-order valence-corrected chi connectivity index (χ2v) is 5.41. The van der Waals surface area contributed by atoms with Crippen LogP contribution in [-0.4, -0.2) is 5.78 Å². The molecule has 1 aromatic heterocycles. The summed E-state index contributed by atoms with van der Waals surface area (Å²) >= 11 is 3.23. The molecule has 0 spiro atoms. The van der Waals surface area contributed by atoms with Gasteiger partial charge in [0.1, 0.15) is 0 Å². The Morgan fingerprint density at radius 1 is 1.17 bits per heavy atom. The van der Waals surface area contributed by atoms with Crippen LogP contribution in [-0.2, 0) is 0 Å². The molecule has 0 unspecified atom stereocenters. The predicted molar refractivity (Wildman–Crippen MR) is 72.9 cm³/mol. The number of furan rings is 1. The van der Waals surface area contributed by atoms with Gasteiger partial charge < -0.3 is 4.42 Å². The first-order chi connectivity index (χ1) is 8.75. The molecule has 3 heteroatoms. The summed E-state index contributed by atoms with van der Waals surface area (Å²) in [5.74, 6) is 0.700. The molecule has 0 aliphatic heterocycles. The van der Waals surface area contributed by atoms with Gasteiger partial charge in [0.15, 0.2) is 10.5 Å². The van der Waals surface area contributed by atoms with Gasteiger partial charge >= 0.3 is 0 Å². The van der Waals surface area contributed by atoms with E-state index < -0.39 is 0 Å². The van der Waals surface area contributed by atoms with Crippen molar-refractivity contribution in [2.24, 2.45) is 0 Å². The summed E-state index contributed by atoms with van der Waals surface area (Å²) in [4.78, 5) is 12.2. The Labute approximate surface area is 114 Å². The fraction of sp³-hybridized carbons (Fsp3) is 0.267. The van der Waals surface area contributed by atoms with E-state index in [4.69, 9.17) is 4.42 Å². The van der Waals surface area contributed by atoms with Crippen LogP contribution in [0.3, 0.4) is 0 Å². The van der Waals surface area contributed by atoms with E-state index in [0.717, 1.165) is 0 Å². The van der Waals surface area contributed by atoms with Crippen molar-refractivity contribution in [3.63, 3.8) is 0 Å². The lowest BCUT2D eigenvalue weighted by atomic mass is 9.80. The average Bonchev–Trinajstić information content (AvgIpc) is 2.73. The van der Waals surface area contributed by atoms with Gasteiger partial charge in [-0.1, -0.05) is 30.7 Å². The van der Waals surface area contributed by atoms with Crippen LogP contribution in [0.15, 0.2) is 45.7 Å². The van der Waals surface area contributed by atoms with Crippen LogP contribution in [0.4, 0.5) is 0 Å². The van der Waals surface area contributed by atoms with Crippen molar-refractivity contribution < 1.29 is 9.21 Å². The Hall–Kier alpha value is -1.35. The van der Waals surface area contributed by atoms with E-state index in [9.17, 15) is 4.79 Å². The minimum atomic E-state index is -0.00390. The second kappa shape index (κ2) is 4.73. The Morgan fingerprint density at radius 3 is 2.39 bits per heavy atom. The quantitative estimate of drug-likeness (QED) is 0.779. The minimum Gasteiger partial charge on any atom is -0.457 e. The van der Waals surface area contributed by atoms with Crippen LogP contribution >= 0.6 is 15.9 Å². The predicted octanol–water partition coefficient (Wildman–Crippen LogP) is 4.54. The van der Waals surface area contributed by atoms with E-state index in [1.807, 2.05) is 12.1 Å².